The van der Waals surface area contributed by atoms with Crippen molar-refractivity contribution in [1.82, 2.24) is 10.2 Å². The van der Waals surface area contributed by atoms with Crippen LogP contribution in [-0.4, -0.2) is 50.0 Å². The summed E-state index contributed by atoms with van der Waals surface area (Å²) in [5, 5.41) is 5.87. The number of carbonyl (C=O) groups is 2. The molecule has 1 heterocycles. The van der Waals surface area contributed by atoms with E-state index in [-0.39, 0.29) is 18.2 Å². The highest BCUT2D eigenvalue weighted by molar-refractivity contribution is 5.83. The van der Waals surface area contributed by atoms with Gasteiger partial charge in [0.1, 0.15) is 5.75 Å². The minimum atomic E-state index is -0.570. The van der Waals surface area contributed by atoms with Gasteiger partial charge in [0.15, 0.2) is 6.10 Å². The molecule has 0 aromatic heterocycles. The molecule has 0 bridgehead atoms. The first kappa shape index (κ1) is 14.2. The maximum atomic E-state index is 12.0. The lowest BCUT2D eigenvalue weighted by atomic mass is 10.2. The molecule has 108 valence electrons. The predicted molar refractivity (Wildman–Crippen MR) is 75.7 cm³/mol. The van der Waals surface area contributed by atoms with Crippen molar-refractivity contribution in [2.45, 2.75) is 12.5 Å². The molecule has 1 aliphatic heterocycles. The maximum absolute atomic E-state index is 12.0. The Kier molecular flexibility index (Phi) is 4.45. The molecule has 0 aliphatic carbocycles. The van der Waals surface area contributed by atoms with Crippen molar-refractivity contribution < 1.29 is 14.3 Å². The average molecular weight is 277 g/mol. The van der Waals surface area contributed by atoms with E-state index in [2.05, 4.69) is 10.6 Å². The van der Waals surface area contributed by atoms with E-state index in [0.717, 1.165) is 5.69 Å². The van der Waals surface area contributed by atoms with Crippen LogP contribution in [0.2, 0.25) is 0 Å². The summed E-state index contributed by atoms with van der Waals surface area (Å²) >= 11 is 0. The molecule has 6 heteroatoms. The molecule has 0 spiro atoms. The fraction of sp³-hybridized carbons (Fsp3) is 0.429. The van der Waals surface area contributed by atoms with Crippen LogP contribution in [0.15, 0.2) is 24.3 Å². The van der Waals surface area contributed by atoms with E-state index in [0.29, 0.717) is 18.8 Å². The second-order valence-electron chi connectivity index (χ2n) is 4.81. The molecule has 2 N–H and O–H groups in total. The van der Waals surface area contributed by atoms with Gasteiger partial charge in [-0.05, 0) is 12.1 Å². The third-order valence-corrected chi connectivity index (χ3v) is 3.06. The van der Waals surface area contributed by atoms with Gasteiger partial charge in [-0.2, -0.15) is 0 Å². The number of rotatable bonds is 4. The van der Waals surface area contributed by atoms with Crippen molar-refractivity contribution >= 4 is 17.5 Å². The van der Waals surface area contributed by atoms with E-state index in [4.69, 9.17) is 4.74 Å². The quantitative estimate of drug-likeness (QED) is 0.838. The van der Waals surface area contributed by atoms with Crippen molar-refractivity contribution in [2.75, 3.05) is 32.5 Å². The zero-order valence-corrected chi connectivity index (χ0v) is 11.7. The zero-order chi connectivity index (χ0) is 14.5. The number of nitrogens with one attached hydrogen (secondary N) is 2. The average Bonchev–Trinajstić information content (AvgIpc) is 2.46. The number of fused-ring (bicyclic) bond motifs is 1. The Morgan fingerprint density at radius 2 is 2.15 bits per heavy atom. The molecule has 0 saturated heterocycles. The first-order valence-electron chi connectivity index (χ1n) is 6.55. The van der Waals surface area contributed by atoms with Gasteiger partial charge in [0, 0.05) is 27.1 Å². The van der Waals surface area contributed by atoms with Crippen molar-refractivity contribution in [2.24, 2.45) is 0 Å². The molecule has 2 amide bonds. The van der Waals surface area contributed by atoms with E-state index < -0.39 is 6.10 Å². The maximum Gasteiger partial charge on any atom is 0.262 e. The number of benzene rings is 1. The van der Waals surface area contributed by atoms with Crippen molar-refractivity contribution in [3.63, 3.8) is 0 Å². The summed E-state index contributed by atoms with van der Waals surface area (Å²) in [4.78, 5) is 24.9. The molecule has 1 unspecified atom stereocenters. The normalized spacial score (nSPS) is 16.4. The summed E-state index contributed by atoms with van der Waals surface area (Å²) in [6.45, 7) is 0.738. The van der Waals surface area contributed by atoms with Crippen molar-refractivity contribution in [1.29, 1.82) is 0 Å². The topological polar surface area (TPSA) is 70.7 Å². The number of hydrogen-bond acceptors (Lipinski definition) is 4. The van der Waals surface area contributed by atoms with Crippen LogP contribution >= 0.6 is 0 Å². The first-order chi connectivity index (χ1) is 9.58. The van der Waals surface area contributed by atoms with Gasteiger partial charge < -0.3 is 20.3 Å². The minimum Gasteiger partial charge on any atom is -0.477 e. The monoisotopic (exact) mass is 277 g/mol. The summed E-state index contributed by atoms with van der Waals surface area (Å²) in [7, 11) is 3.38. The summed E-state index contributed by atoms with van der Waals surface area (Å²) in [5.74, 6) is 0.445. The third kappa shape index (κ3) is 3.40. The van der Waals surface area contributed by atoms with Gasteiger partial charge in [0.25, 0.3) is 5.91 Å². The van der Waals surface area contributed by atoms with Crippen LogP contribution < -0.4 is 15.4 Å². The lowest BCUT2D eigenvalue weighted by Gasteiger charge is -2.26. The molecule has 1 atom stereocenters. The lowest BCUT2D eigenvalue weighted by molar-refractivity contribution is -0.129. The van der Waals surface area contributed by atoms with Gasteiger partial charge in [-0.1, -0.05) is 12.1 Å². The molecule has 0 radical (unpaired) electrons. The number of ether oxygens (including phenoxy) is 1. The van der Waals surface area contributed by atoms with Crippen molar-refractivity contribution in [3.8, 4) is 5.75 Å². The molecule has 2 rings (SSSR count). The molecule has 20 heavy (non-hydrogen) atoms. The Hall–Kier alpha value is -2.24. The Labute approximate surface area is 118 Å². The van der Waals surface area contributed by atoms with E-state index in [1.807, 2.05) is 24.3 Å². The van der Waals surface area contributed by atoms with Crippen LogP contribution in [0.3, 0.4) is 0 Å². The second-order valence-corrected chi connectivity index (χ2v) is 4.81. The van der Waals surface area contributed by atoms with Gasteiger partial charge in [0.05, 0.1) is 12.2 Å². The van der Waals surface area contributed by atoms with Gasteiger partial charge in [-0.25, -0.2) is 0 Å². The summed E-state index contributed by atoms with van der Waals surface area (Å²) in [6, 6.07) is 7.48. The predicted octanol–water partition coefficient (Wildman–Crippen LogP) is 0.454. The lowest BCUT2D eigenvalue weighted by Crippen LogP contribution is -2.45. The molecular formula is C14H19N3O3. The Bertz CT molecular complexity index is 502. The Balaban J connectivity index is 1.81. The van der Waals surface area contributed by atoms with E-state index in [1.54, 1.807) is 14.1 Å². The van der Waals surface area contributed by atoms with Crippen LogP contribution in [0.4, 0.5) is 5.69 Å². The van der Waals surface area contributed by atoms with Crippen LogP contribution in [0, 0.1) is 0 Å². The van der Waals surface area contributed by atoms with Gasteiger partial charge in [-0.15, -0.1) is 0 Å². The molecule has 6 nitrogen and oxygen atoms in total. The fourth-order valence-corrected chi connectivity index (χ4v) is 1.89. The number of para-hydroxylation sites is 2. The highest BCUT2D eigenvalue weighted by Crippen LogP contribution is 2.28. The summed E-state index contributed by atoms with van der Waals surface area (Å²) in [5.41, 5.74) is 0.888. The van der Waals surface area contributed by atoms with Gasteiger partial charge in [0.2, 0.25) is 5.91 Å². The summed E-state index contributed by atoms with van der Waals surface area (Å²) < 4.78 is 5.63. The SMILES string of the molecule is CN(C)C(=O)CCNC(=O)C1CNc2ccccc2O1. The van der Waals surface area contributed by atoms with Crippen molar-refractivity contribution in [3.05, 3.63) is 24.3 Å². The van der Waals surface area contributed by atoms with Crippen LogP contribution in [0.1, 0.15) is 6.42 Å². The Morgan fingerprint density at radius 1 is 1.40 bits per heavy atom. The standard InChI is InChI=1S/C14H19N3O3/c1-17(2)13(18)7-8-15-14(19)12-9-16-10-5-3-4-6-11(10)20-12/h3-6,12,16H,7-9H2,1-2H3,(H,15,19). The molecule has 0 saturated carbocycles. The highest BCUT2D eigenvalue weighted by atomic mass is 16.5. The highest BCUT2D eigenvalue weighted by Gasteiger charge is 2.25. The summed E-state index contributed by atoms with van der Waals surface area (Å²) in [6.07, 6.45) is -0.283. The first-order valence-corrected chi connectivity index (χ1v) is 6.55. The molecular weight excluding hydrogens is 258 g/mol. The Morgan fingerprint density at radius 3 is 2.90 bits per heavy atom. The number of hydrogen-bond donors (Lipinski definition) is 2. The third-order valence-electron chi connectivity index (χ3n) is 3.06. The van der Waals surface area contributed by atoms with E-state index >= 15 is 0 Å². The zero-order valence-electron chi connectivity index (χ0n) is 11.7. The van der Waals surface area contributed by atoms with Crippen LogP contribution in [0.5, 0.6) is 5.75 Å². The largest absolute Gasteiger partial charge is 0.477 e. The number of carbonyl (C=O) groups excluding carboxylic acids is 2. The smallest absolute Gasteiger partial charge is 0.262 e. The number of amides is 2. The minimum absolute atomic E-state index is 0.0154. The van der Waals surface area contributed by atoms with Crippen LogP contribution in [-0.2, 0) is 9.59 Å². The van der Waals surface area contributed by atoms with Gasteiger partial charge >= 0.3 is 0 Å². The van der Waals surface area contributed by atoms with E-state index in [1.165, 1.54) is 4.90 Å². The molecule has 1 aliphatic rings. The fourth-order valence-electron chi connectivity index (χ4n) is 1.89. The number of nitrogens with zero attached hydrogens (tertiary/aromatic N) is 1. The van der Waals surface area contributed by atoms with Crippen LogP contribution in [0.25, 0.3) is 0 Å². The van der Waals surface area contributed by atoms with E-state index in [9.17, 15) is 9.59 Å². The molecule has 1 aromatic carbocycles. The second kappa shape index (κ2) is 6.27. The molecule has 1 aromatic rings. The number of anilines is 1. The molecule has 0 fully saturated rings. The van der Waals surface area contributed by atoms with Gasteiger partial charge in [-0.3, -0.25) is 9.59 Å².